The third-order valence-electron chi connectivity index (χ3n) is 4.92. The first-order valence-electron chi connectivity index (χ1n) is 9.46. The van der Waals surface area contributed by atoms with E-state index in [1.165, 1.54) is 23.7 Å². The fourth-order valence-corrected chi connectivity index (χ4v) is 4.57. The zero-order valence-corrected chi connectivity index (χ0v) is 18.2. The summed E-state index contributed by atoms with van der Waals surface area (Å²) in [5, 5.41) is 12.1. The molecule has 1 aliphatic heterocycles. The topological polar surface area (TPSA) is 82.4 Å². The first kappa shape index (κ1) is 21.5. The van der Waals surface area contributed by atoms with Crippen LogP contribution in [0.3, 0.4) is 0 Å². The van der Waals surface area contributed by atoms with Gasteiger partial charge in [0.25, 0.3) is 5.91 Å². The molecule has 6 nitrogen and oxygen atoms in total. The molecule has 1 fully saturated rings. The van der Waals surface area contributed by atoms with Gasteiger partial charge in [-0.3, -0.25) is 14.5 Å². The molecule has 2 aromatic carbocycles. The van der Waals surface area contributed by atoms with Crippen molar-refractivity contribution in [1.29, 1.82) is 5.26 Å². The van der Waals surface area contributed by atoms with Crippen LogP contribution in [0.1, 0.15) is 16.7 Å². The minimum absolute atomic E-state index is 0.0611. The second kappa shape index (κ2) is 9.06. The molecular weight excluding hydrogens is 398 g/mol. The van der Waals surface area contributed by atoms with Crippen LogP contribution >= 0.6 is 11.8 Å². The number of anilines is 1. The van der Waals surface area contributed by atoms with Gasteiger partial charge in [0.15, 0.2) is 0 Å². The summed E-state index contributed by atoms with van der Waals surface area (Å²) in [5.74, 6) is 0.0949. The van der Waals surface area contributed by atoms with E-state index in [4.69, 9.17) is 4.74 Å². The molecule has 1 saturated heterocycles. The van der Waals surface area contributed by atoms with E-state index in [1.807, 2.05) is 62.4 Å². The highest BCUT2D eigenvalue weighted by molar-refractivity contribution is 8.05. The highest BCUT2D eigenvalue weighted by Gasteiger charge is 2.41. The number of amides is 2. The number of rotatable bonds is 5. The van der Waals surface area contributed by atoms with Crippen molar-refractivity contribution >= 4 is 29.3 Å². The van der Waals surface area contributed by atoms with Crippen LogP contribution in [0.15, 0.2) is 53.1 Å². The summed E-state index contributed by atoms with van der Waals surface area (Å²) >= 11 is 1.26. The maximum Gasteiger partial charge on any atom is 0.264 e. The zero-order valence-electron chi connectivity index (χ0n) is 17.4. The lowest BCUT2D eigenvalue weighted by Crippen LogP contribution is -2.32. The molecule has 7 heteroatoms. The van der Waals surface area contributed by atoms with Crippen molar-refractivity contribution in [2.24, 2.45) is 0 Å². The van der Waals surface area contributed by atoms with E-state index in [9.17, 15) is 14.9 Å². The Morgan fingerprint density at radius 2 is 1.93 bits per heavy atom. The number of carbonyl (C=O) groups is 2. The van der Waals surface area contributed by atoms with Gasteiger partial charge in [-0.05, 0) is 55.2 Å². The third kappa shape index (κ3) is 4.19. The number of likely N-dealkylation sites (N-methyl/N-ethyl adjacent to an activating group) is 1. The van der Waals surface area contributed by atoms with Crippen molar-refractivity contribution in [3.63, 3.8) is 0 Å². The van der Waals surface area contributed by atoms with Crippen LogP contribution in [0, 0.1) is 25.2 Å². The average molecular weight is 422 g/mol. The molecule has 2 amide bonds. The van der Waals surface area contributed by atoms with Gasteiger partial charge in [0, 0.05) is 7.05 Å². The summed E-state index contributed by atoms with van der Waals surface area (Å²) in [6.45, 7) is 3.85. The molecule has 0 saturated carbocycles. The molecule has 3 rings (SSSR count). The number of nitriles is 1. The van der Waals surface area contributed by atoms with Crippen LogP contribution < -0.4 is 15.0 Å². The summed E-state index contributed by atoms with van der Waals surface area (Å²) in [6, 6.07) is 15.3. The Kier molecular flexibility index (Phi) is 6.48. The lowest BCUT2D eigenvalue weighted by molar-refractivity contribution is -0.117. The van der Waals surface area contributed by atoms with Gasteiger partial charge in [0.05, 0.1) is 18.0 Å². The zero-order chi connectivity index (χ0) is 21.8. The SMILES string of the molecule is CNC(=O)/C(C#N)=C1/SC(Cc2ccc(OC)cc2)C(=O)N1c1cc(C)ccc1C. The van der Waals surface area contributed by atoms with E-state index >= 15 is 0 Å². The number of ether oxygens (including phenoxy) is 1. The normalized spacial score (nSPS) is 17.5. The van der Waals surface area contributed by atoms with Gasteiger partial charge in [-0.2, -0.15) is 5.26 Å². The van der Waals surface area contributed by atoms with Gasteiger partial charge >= 0.3 is 0 Å². The number of nitrogens with zero attached hydrogens (tertiary/aromatic N) is 2. The molecule has 0 radical (unpaired) electrons. The lowest BCUT2D eigenvalue weighted by Gasteiger charge is -2.21. The highest BCUT2D eigenvalue weighted by Crippen LogP contribution is 2.43. The molecular formula is C23H23N3O3S. The van der Waals surface area contributed by atoms with E-state index in [0.29, 0.717) is 17.1 Å². The Morgan fingerprint density at radius 3 is 2.53 bits per heavy atom. The molecule has 30 heavy (non-hydrogen) atoms. The Hall–Kier alpha value is -3.24. The highest BCUT2D eigenvalue weighted by atomic mass is 32.2. The minimum atomic E-state index is -0.506. The molecule has 1 heterocycles. The van der Waals surface area contributed by atoms with Crippen molar-refractivity contribution in [2.75, 3.05) is 19.1 Å². The molecule has 0 aromatic heterocycles. The van der Waals surface area contributed by atoms with Gasteiger partial charge in [-0.1, -0.05) is 36.0 Å². The predicted molar refractivity (Wildman–Crippen MR) is 118 cm³/mol. The van der Waals surface area contributed by atoms with Gasteiger partial charge < -0.3 is 10.1 Å². The van der Waals surface area contributed by atoms with Gasteiger partial charge in [-0.25, -0.2) is 0 Å². The van der Waals surface area contributed by atoms with Crippen LogP contribution in [0.4, 0.5) is 5.69 Å². The maximum atomic E-state index is 13.4. The smallest absolute Gasteiger partial charge is 0.264 e. The molecule has 0 bridgehead atoms. The Balaban J connectivity index is 2.06. The lowest BCUT2D eigenvalue weighted by atomic mass is 10.1. The van der Waals surface area contributed by atoms with Crippen LogP contribution in [0.2, 0.25) is 0 Å². The third-order valence-corrected chi connectivity index (χ3v) is 6.18. The fraction of sp³-hybridized carbons (Fsp3) is 0.261. The number of hydrogen-bond donors (Lipinski definition) is 1. The summed E-state index contributed by atoms with van der Waals surface area (Å²) in [4.78, 5) is 27.3. The number of methoxy groups -OCH3 is 1. The van der Waals surface area contributed by atoms with E-state index in [0.717, 1.165) is 22.4 Å². The van der Waals surface area contributed by atoms with Crippen LogP contribution in [0.5, 0.6) is 5.75 Å². The summed E-state index contributed by atoms with van der Waals surface area (Å²) in [5.41, 5.74) is 3.49. The van der Waals surface area contributed by atoms with Gasteiger partial charge in [0.1, 0.15) is 22.4 Å². The number of thioether (sulfide) groups is 1. The van der Waals surface area contributed by atoms with E-state index < -0.39 is 11.2 Å². The number of aryl methyl sites for hydroxylation is 2. The molecule has 1 N–H and O–H groups in total. The number of hydrogen-bond acceptors (Lipinski definition) is 5. The Labute approximate surface area is 180 Å². The van der Waals surface area contributed by atoms with Gasteiger partial charge in [-0.15, -0.1) is 0 Å². The van der Waals surface area contributed by atoms with Crippen molar-refractivity contribution in [3.8, 4) is 11.8 Å². The van der Waals surface area contributed by atoms with E-state index in [1.54, 1.807) is 7.11 Å². The minimum Gasteiger partial charge on any atom is -0.497 e. The Morgan fingerprint density at radius 1 is 1.23 bits per heavy atom. The van der Waals surface area contributed by atoms with E-state index in [2.05, 4.69) is 5.32 Å². The maximum absolute atomic E-state index is 13.4. The predicted octanol–water partition coefficient (Wildman–Crippen LogP) is 3.48. The van der Waals surface area contributed by atoms with Crippen LogP contribution in [-0.2, 0) is 16.0 Å². The first-order chi connectivity index (χ1) is 14.4. The van der Waals surface area contributed by atoms with Crippen molar-refractivity contribution in [2.45, 2.75) is 25.5 Å². The summed E-state index contributed by atoms with van der Waals surface area (Å²) < 4.78 is 5.19. The number of carbonyl (C=O) groups excluding carboxylic acids is 2. The summed E-state index contributed by atoms with van der Waals surface area (Å²) in [7, 11) is 3.07. The standard InChI is InChI=1S/C23H23N3O3S/c1-14-5-6-15(2)19(11-14)26-22(28)20(12-16-7-9-17(29-4)10-8-16)30-23(26)18(13-24)21(27)25-3/h5-11,20H,12H2,1-4H3,(H,25,27)/b23-18+. The van der Waals surface area contributed by atoms with Crippen LogP contribution in [-0.4, -0.2) is 31.2 Å². The van der Waals surface area contributed by atoms with Crippen molar-refractivity contribution < 1.29 is 14.3 Å². The number of benzene rings is 2. The molecule has 1 atom stereocenters. The summed E-state index contributed by atoms with van der Waals surface area (Å²) in [6.07, 6.45) is 0.477. The number of nitrogens with one attached hydrogen (secondary N) is 1. The van der Waals surface area contributed by atoms with Crippen molar-refractivity contribution in [1.82, 2.24) is 5.32 Å². The van der Waals surface area contributed by atoms with Crippen LogP contribution in [0.25, 0.3) is 0 Å². The first-order valence-corrected chi connectivity index (χ1v) is 10.3. The Bertz CT molecular complexity index is 1050. The quantitative estimate of drug-likeness (QED) is 0.590. The molecule has 1 aliphatic rings. The second-order valence-corrected chi connectivity index (χ2v) is 8.18. The largest absolute Gasteiger partial charge is 0.497 e. The molecule has 154 valence electrons. The van der Waals surface area contributed by atoms with Gasteiger partial charge in [0.2, 0.25) is 5.91 Å². The fourth-order valence-electron chi connectivity index (χ4n) is 3.27. The monoisotopic (exact) mass is 421 g/mol. The second-order valence-electron chi connectivity index (χ2n) is 6.99. The molecule has 0 spiro atoms. The van der Waals surface area contributed by atoms with E-state index in [-0.39, 0.29) is 11.5 Å². The molecule has 2 aromatic rings. The molecule has 1 unspecified atom stereocenters. The molecule has 0 aliphatic carbocycles. The average Bonchev–Trinajstić information content (AvgIpc) is 3.06. The van der Waals surface area contributed by atoms with Crippen molar-refractivity contribution in [3.05, 3.63) is 69.8 Å².